The van der Waals surface area contributed by atoms with Gasteiger partial charge in [0.1, 0.15) is 11.8 Å². The highest BCUT2D eigenvalue weighted by Gasteiger charge is 2.18. The molecule has 1 atom stereocenters. The average molecular weight is 250 g/mol. The molecule has 0 amide bonds. The number of azide groups is 1. The second-order valence-electron chi connectivity index (χ2n) is 3.63. The van der Waals surface area contributed by atoms with Crippen molar-refractivity contribution in [3.63, 3.8) is 0 Å². The number of nitrogens with one attached hydrogen (secondary N) is 1. The predicted octanol–water partition coefficient (Wildman–Crippen LogP) is 1.81. The Kier molecular flexibility index (Phi) is 5.50. The lowest BCUT2D eigenvalue weighted by Gasteiger charge is -2.14. The Hall–Kier alpha value is -2.24. The molecule has 1 rings (SSSR count). The van der Waals surface area contributed by atoms with E-state index in [0.717, 1.165) is 0 Å². The molecule has 0 aliphatic heterocycles. The molecule has 1 unspecified atom stereocenters. The van der Waals surface area contributed by atoms with Gasteiger partial charge in [0.25, 0.3) is 0 Å². The lowest BCUT2D eigenvalue weighted by molar-refractivity contribution is -0.139. The zero-order valence-electron chi connectivity index (χ0n) is 9.65. The maximum absolute atomic E-state index is 11.1. The van der Waals surface area contributed by atoms with Crippen LogP contribution in [0.2, 0.25) is 0 Å². The Labute approximate surface area is 104 Å². The topological polar surface area (TPSA) is 118 Å². The first-order valence-electron chi connectivity index (χ1n) is 5.41. The summed E-state index contributed by atoms with van der Waals surface area (Å²) in [5, 5.41) is 24.6. The maximum Gasteiger partial charge on any atom is 0.325 e. The Balaban J connectivity index is 2.60. The maximum atomic E-state index is 11.1. The molecule has 0 saturated heterocycles. The number of phenols is 1. The molecule has 0 aliphatic rings. The SMILES string of the molecule is [N-]=[N+]=NCCCNC(C(=O)O)c1cccc(O)c1. The fourth-order valence-electron chi connectivity index (χ4n) is 1.49. The predicted molar refractivity (Wildman–Crippen MR) is 65.1 cm³/mol. The van der Waals surface area contributed by atoms with Crippen LogP contribution < -0.4 is 5.32 Å². The molecule has 1 aromatic carbocycles. The number of aliphatic carboxylic acids is 1. The van der Waals surface area contributed by atoms with E-state index in [1.54, 1.807) is 12.1 Å². The average Bonchev–Trinajstić information content (AvgIpc) is 2.33. The molecule has 0 aromatic heterocycles. The summed E-state index contributed by atoms with van der Waals surface area (Å²) >= 11 is 0. The molecule has 7 nitrogen and oxygen atoms in total. The number of rotatable bonds is 7. The summed E-state index contributed by atoms with van der Waals surface area (Å²) < 4.78 is 0. The van der Waals surface area contributed by atoms with Crippen molar-refractivity contribution in [1.29, 1.82) is 0 Å². The molecule has 0 aliphatic carbocycles. The van der Waals surface area contributed by atoms with Gasteiger partial charge >= 0.3 is 5.97 Å². The molecule has 18 heavy (non-hydrogen) atoms. The van der Waals surface area contributed by atoms with Gasteiger partial charge in [-0.3, -0.25) is 4.79 Å². The van der Waals surface area contributed by atoms with Crippen LogP contribution in [-0.2, 0) is 4.79 Å². The van der Waals surface area contributed by atoms with Gasteiger partial charge in [-0.05, 0) is 36.2 Å². The summed E-state index contributed by atoms with van der Waals surface area (Å²) in [7, 11) is 0. The third-order valence-electron chi connectivity index (χ3n) is 2.30. The number of hydrogen-bond donors (Lipinski definition) is 3. The minimum absolute atomic E-state index is 0.0228. The number of nitrogens with zero attached hydrogens (tertiary/aromatic N) is 3. The molecule has 3 N–H and O–H groups in total. The first-order chi connectivity index (χ1) is 8.65. The summed E-state index contributed by atoms with van der Waals surface area (Å²) in [5.41, 5.74) is 8.57. The van der Waals surface area contributed by atoms with Crippen LogP contribution in [0.1, 0.15) is 18.0 Å². The van der Waals surface area contributed by atoms with E-state index >= 15 is 0 Å². The quantitative estimate of drug-likeness (QED) is 0.296. The third-order valence-corrected chi connectivity index (χ3v) is 2.30. The molecule has 0 radical (unpaired) electrons. The van der Waals surface area contributed by atoms with Gasteiger partial charge in [0, 0.05) is 11.5 Å². The minimum Gasteiger partial charge on any atom is -0.508 e. The van der Waals surface area contributed by atoms with Gasteiger partial charge in [-0.15, -0.1) is 0 Å². The zero-order valence-corrected chi connectivity index (χ0v) is 9.65. The van der Waals surface area contributed by atoms with Gasteiger partial charge in [-0.1, -0.05) is 17.2 Å². The second-order valence-corrected chi connectivity index (χ2v) is 3.63. The number of aromatic hydroxyl groups is 1. The molecule has 0 fully saturated rings. The van der Waals surface area contributed by atoms with E-state index in [1.165, 1.54) is 12.1 Å². The van der Waals surface area contributed by atoms with Crippen molar-refractivity contribution in [3.05, 3.63) is 40.3 Å². The number of hydrogen-bond acceptors (Lipinski definition) is 4. The van der Waals surface area contributed by atoms with E-state index in [0.29, 0.717) is 25.1 Å². The number of phenolic OH excluding ortho intramolecular Hbond substituents is 1. The molecular weight excluding hydrogens is 236 g/mol. The Morgan fingerprint density at radius 1 is 1.56 bits per heavy atom. The number of carboxylic acids is 1. The standard InChI is InChI=1S/C11H14N4O3/c12-15-14-6-2-5-13-10(11(17)18)8-3-1-4-9(16)7-8/h1,3-4,7,10,13,16H,2,5-6H2,(H,17,18). The molecule has 0 spiro atoms. The minimum atomic E-state index is -1.02. The Morgan fingerprint density at radius 2 is 2.33 bits per heavy atom. The monoisotopic (exact) mass is 250 g/mol. The molecule has 0 heterocycles. The van der Waals surface area contributed by atoms with Crippen LogP contribution in [0.5, 0.6) is 5.75 Å². The van der Waals surface area contributed by atoms with Crippen molar-refractivity contribution >= 4 is 5.97 Å². The third kappa shape index (κ3) is 4.32. The zero-order chi connectivity index (χ0) is 13.4. The summed E-state index contributed by atoms with van der Waals surface area (Å²) in [6.45, 7) is 0.724. The molecule has 0 bridgehead atoms. The fraction of sp³-hybridized carbons (Fsp3) is 0.364. The smallest absolute Gasteiger partial charge is 0.325 e. The van der Waals surface area contributed by atoms with Crippen LogP contribution in [0, 0.1) is 0 Å². The largest absolute Gasteiger partial charge is 0.508 e. The first-order valence-corrected chi connectivity index (χ1v) is 5.41. The van der Waals surface area contributed by atoms with E-state index in [9.17, 15) is 9.90 Å². The van der Waals surface area contributed by atoms with Gasteiger partial charge in [-0.2, -0.15) is 0 Å². The molecule has 7 heteroatoms. The van der Waals surface area contributed by atoms with Crippen molar-refractivity contribution in [2.75, 3.05) is 13.1 Å². The van der Waals surface area contributed by atoms with Gasteiger partial charge in [0.05, 0.1) is 0 Å². The van der Waals surface area contributed by atoms with E-state index in [1.807, 2.05) is 0 Å². The molecule has 0 saturated carbocycles. The summed E-state index contributed by atoms with van der Waals surface area (Å²) in [6.07, 6.45) is 0.548. The van der Waals surface area contributed by atoms with Gasteiger partial charge in [0.2, 0.25) is 0 Å². The summed E-state index contributed by atoms with van der Waals surface area (Å²) in [4.78, 5) is 13.7. The fourth-order valence-corrected chi connectivity index (χ4v) is 1.49. The van der Waals surface area contributed by atoms with E-state index in [2.05, 4.69) is 15.3 Å². The highest BCUT2D eigenvalue weighted by Crippen LogP contribution is 2.18. The van der Waals surface area contributed by atoms with Crippen molar-refractivity contribution < 1.29 is 15.0 Å². The van der Waals surface area contributed by atoms with Crippen molar-refractivity contribution in [2.24, 2.45) is 5.11 Å². The Bertz CT molecular complexity index is 457. The summed E-state index contributed by atoms with van der Waals surface area (Å²) in [5.74, 6) is -1.00. The van der Waals surface area contributed by atoms with E-state index in [4.69, 9.17) is 10.6 Å². The van der Waals surface area contributed by atoms with Crippen LogP contribution in [0.15, 0.2) is 29.4 Å². The molecule has 96 valence electrons. The van der Waals surface area contributed by atoms with E-state index in [-0.39, 0.29) is 5.75 Å². The van der Waals surface area contributed by atoms with Crippen LogP contribution in [0.3, 0.4) is 0 Å². The number of carboxylic acid groups (broad SMARTS) is 1. The lowest BCUT2D eigenvalue weighted by atomic mass is 10.1. The van der Waals surface area contributed by atoms with Crippen LogP contribution >= 0.6 is 0 Å². The number of benzene rings is 1. The highest BCUT2D eigenvalue weighted by molar-refractivity contribution is 5.75. The molecular formula is C11H14N4O3. The number of carbonyl (C=O) groups is 1. The lowest BCUT2D eigenvalue weighted by Crippen LogP contribution is -2.29. The van der Waals surface area contributed by atoms with Crippen LogP contribution in [0.25, 0.3) is 10.4 Å². The van der Waals surface area contributed by atoms with Crippen molar-refractivity contribution in [3.8, 4) is 5.75 Å². The van der Waals surface area contributed by atoms with Gasteiger partial charge < -0.3 is 15.5 Å². The first kappa shape index (κ1) is 13.8. The molecule has 1 aromatic rings. The summed E-state index contributed by atoms with van der Waals surface area (Å²) in [6, 6.07) is 5.20. The highest BCUT2D eigenvalue weighted by atomic mass is 16.4. The Morgan fingerprint density at radius 3 is 2.94 bits per heavy atom. The second kappa shape index (κ2) is 7.16. The van der Waals surface area contributed by atoms with Crippen LogP contribution in [0.4, 0.5) is 0 Å². The van der Waals surface area contributed by atoms with E-state index < -0.39 is 12.0 Å². The van der Waals surface area contributed by atoms with Crippen LogP contribution in [-0.4, -0.2) is 29.3 Å². The van der Waals surface area contributed by atoms with Crippen molar-refractivity contribution in [1.82, 2.24) is 5.32 Å². The normalized spacial score (nSPS) is 11.6. The van der Waals surface area contributed by atoms with Crippen molar-refractivity contribution in [2.45, 2.75) is 12.5 Å². The van der Waals surface area contributed by atoms with Gasteiger partial charge in [0.15, 0.2) is 0 Å². The van der Waals surface area contributed by atoms with Gasteiger partial charge in [-0.25, -0.2) is 0 Å².